The second kappa shape index (κ2) is 8.13. The van der Waals surface area contributed by atoms with E-state index >= 15 is 0 Å². The van der Waals surface area contributed by atoms with Crippen molar-refractivity contribution in [2.75, 3.05) is 0 Å². The van der Waals surface area contributed by atoms with Crippen LogP contribution in [-0.2, 0) is 23.2 Å². The second-order valence-electron chi connectivity index (χ2n) is 7.29. The molecule has 0 bridgehead atoms. The molecule has 140 valence electrons. The van der Waals surface area contributed by atoms with Crippen LogP contribution < -0.4 is 9.41 Å². The normalized spacial score (nSPS) is 18.4. The van der Waals surface area contributed by atoms with Crippen LogP contribution in [0.15, 0.2) is 66.9 Å². The fourth-order valence-electron chi connectivity index (χ4n) is 4.29. The maximum absolute atomic E-state index is 2.46. The maximum Gasteiger partial charge on any atom is -1.00 e. The fourth-order valence-corrected chi connectivity index (χ4v) is 8.82. The number of hydrogen-bond donors (Lipinski definition) is 0. The van der Waals surface area contributed by atoms with E-state index in [-0.39, 0.29) is 9.41 Å². The topological polar surface area (TPSA) is 4.93 Å². The van der Waals surface area contributed by atoms with Gasteiger partial charge >= 0.3 is 167 Å². The molecule has 1 aromatic heterocycles. The van der Waals surface area contributed by atoms with Crippen molar-refractivity contribution >= 4 is 17.8 Å². The van der Waals surface area contributed by atoms with E-state index in [1.165, 1.54) is 33.6 Å². The van der Waals surface area contributed by atoms with E-state index < -0.39 is 23.2 Å². The van der Waals surface area contributed by atoms with Crippen molar-refractivity contribution < 1.29 is 32.6 Å². The smallest absolute Gasteiger partial charge is 1.00 e. The summed E-state index contributed by atoms with van der Waals surface area (Å²) < 4.78 is 3.69. The zero-order valence-electron chi connectivity index (χ0n) is 15.9. The first-order valence-corrected chi connectivity index (χ1v) is 12.0. The first-order chi connectivity index (χ1) is 12.7. The summed E-state index contributed by atoms with van der Waals surface area (Å²) in [5.74, 6) is 0. The largest absolute Gasteiger partial charge is 1.00 e. The Hall–Kier alpha value is -2.06. The van der Waals surface area contributed by atoms with Gasteiger partial charge in [0.05, 0.1) is 0 Å². The van der Waals surface area contributed by atoms with Crippen LogP contribution in [0.5, 0.6) is 0 Å². The SMILES string of the molecule is Cc1cc(C)n(C2=Cc3ccccc3[CH]2[Zr+2][CH]2C=Cc3ccccc32)c1.[F-].[F-]. The fraction of sp³-hybridized carbons (Fsp3) is 0.167. The van der Waals surface area contributed by atoms with Gasteiger partial charge in [0.2, 0.25) is 0 Å². The molecule has 3 aromatic rings. The summed E-state index contributed by atoms with van der Waals surface area (Å²) >= 11 is -0.773. The first-order valence-electron chi connectivity index (χ1n) is 9.20. The zero-order valence-corrected chi connectivity index (χ0v) is 18.3. The van der Waals surface area contributed by atoms with Gasteiger partial charge in [0.1, 0.15) is 0 Å². The predicted molar refractivity (Wildman–Crippen MR) is 105 cm³/mol. The van der Waals surface area contributed by atoms with Crippen LogP contribution in [0.4, 0.5) is 0 Å². The maximum atomic E-state index is 2.46. The molecule has 2 unspecified atom stereocenters. The van der Waals surface area contributed by atoms with Crippen LogP contribution in [0.2, 0.25) is 0 Å². The van der Waals surface area contributed by atoms with Crippen molar-refractivity contribution in [2.24, 2.45) is 0 Å². The summed E-state index contributed by atoms with van der Waals surface area (Å²) in [5, 5.41) is 0. The third-order valence-corrected chi connectivity index (χ3v) is 9.91. The molecule has 0 amide bonds. The molecule has 4 heteroatoms. The molecule has 0 spiro atoms. The number of aryl methyl sites for hydroxylation is 2. The predicted octanol–water partition coefficient (Wildman–Crippen LogP) is 0.0163. The number of hydrogen-bond acceptors (Lipinski definition) is 0. The molecule has 0 saturated heterocycles. The van der Waals surface area contributed by atoms with Crippen LogP contribution in [-0.4, -0.2) is 4.57 Å². The third kappa shape index (κ3) is 3.39. The minimum Gasteiger partial charge on any atom is -1.00 e. The van der Waals surface area contributed by atoms with Crippen molar-refractivity contribution in [1.29, 1.82) is 0 Å². The van der Waals surface area contributed by atoms with Crippen LogP contribution >= 0.6 is 0 Å². The summed E-state index contributed by atoms with van der Waals surface area (Å²) in [5.41, 5.74) is 10.1. The number of halogens is 2. The number of nitrogens with zero attached hydrogens (tertiary/aromatic N) is 1. The van der Waals surface area contributed by atoms with Crippen molar-refractivity contribution in [3.05, 3.63) is 100 Å². The van der Waals surface area contributed by atoms with Gasteiger partial charge < -0.3 is 9.41 Å². The van der Waals surface area contributed by atoms with Gasteiger partial charge in [-0.25, -0.2) is 0 Å². The van der Waals surface area contributed by atoms with E-state index in [9.17, 15) is 0 Å². The van der Waals surface area contributed by atoms with Crippen molar-refractivity contribution in [3.63, 3.8) is 0 Å². The van der Waals surface area contributed by atoms with Gasteiger partial charge in [-0.05, 0) is 0 Å². The van der Waals surface area contributed by atoms with Gasteiger partial charge in [0, 0.05) is 0 Å². The van der Waals surface area contributed by atoms with Crippen molar-refractivity contribution in [2.45, 2.75) is 21.1 Å². The first kappa shape index (κ1) is 20.7. The Morgan fingerprint density at radius 1 is 0.857 bits per heavy atom. The summed E-state index contributed by atoms with van der Waals surface area (Å²) in [7, 11) is 0. The van der Waals surface area contributed by atoms with Gasteiger partial charge in [-0.2, -0.15) is 0 Å². The van der Waals surface area contributed by atoms with E-state index in [1.807, 2.05) is 0 Å². The minimum atomic E-state index is -0.773. The van der Waals surface area contributed by atoms with Gasteiger partial charge in [-0.1, -0.05) is 0 Å². The molecular weight excluding hydrogens is 431 g/mol. The van der Waals surface area contributed by atoms with Crippen LogP contribution in [0.25, 0.3) is 17.8 Å². The standard InChI is InChI=1S/C15H14N.C9H7.2FH.Zr/c1-11-7-12(2)16(10-11)15-8-13-5-3-4-6-14(13)9-15;1-2-5-9-7-3-6-8(9)4-1;;;/h3-10H,1-2H3;1-7H;2*1H;/q;;;;+2/p-2. The average Bonchev–Trinajstić information content (AvgIpc) is 3.31. The van der Waals surface area contributed by atoms with E-state index in [1.54, 1.807) is 5.56 Å². The van der Waals surface area contributed by atoms with Gasteiger partial charge in [0.25, 0.3) is 0 Å². The Labute approximate surface area is 176 Å². The van der Waals surface area contributed by atoms with Crippen molar-refractivity contribution in [1.82, 2.24) is 4.57 Å². The number of benzene rings is 2. The zero-order chi connectivity index (χ0) is 17.7. The van der Waals surface area contributed by atoms with Gasteiger partial charge in [-0.15, -0.1) is 0 Å². The van der Waals surface area contributed by atoms with Gasteiger partial charge in [0.15, 0.2) is 0 Å². The summed E-state index contributed by atoms with van der Waals surface area (Å²) in [6.07, 6.45) is 9.52. The van der Waals surface area contributed by atoms with Crippen LogP contribution in [0.1, 0.15) is 40.8 Å². The molecule has 1 heterocycles. The molecule has 1 nitrogen and oxygen atoms in total. The molecule has 0 N–H and O–H groups in total. The molecule has 0 radical (unpaired) electrons. The third-order valence-electron chi connectivity index (χ3n) is 5.48. The Kier molecular flexibility index (Phi) is 6.00. The molecule has 0 aliphatic heterocycles. The number of rotatable bonds is 3. The Morgan fingerprint density at radius 3 is 2.25 bits per heavy atom. The number of fused-ring (bicyclic) bond motifs is 2. The van der Waals surface area contributed by atoms with Gasteiger partial charge in [-0.3, -0.25) is 0 Å². The van der Waals surface area contributed by atoms with Crippen LogP contribution in [0, 0.1) is 13.8 Å². The van der Waals surface area contributed by atoms with Crippen molar-refractivity contribution in [3.8, 4) is 0 Å². The molecule has 2 aliphatic rings. The summed E-state index contributed by atoms with van der Waals surface area (Å²) in [6, 6.07) is 20.2. The molecule has 0 saturated carbocycles. The molecular formula is C24H21F2NZr. The summed E-state index contributed by atoms with van der Waals surface area (Å²) in [4.78, 5) is 0. The van der Waals surface area contributed by atoms with E-state index in [4.69, 9.17) is 0 Å². The summed E-state index contributed by atoms with van der Waals surface area (Å²) in [6.45, 7) is 4.42. The van der Waals surface area contributed by atoms with E-state index in [2.05, 4.69) is 97.4 Å². The quantitative estimate of drug-likeness (QED) is 0.528. The number of allylic oxidation sites excluding steroid dienone is 2. The Bertz CT molecular complexity index is 1060. The molecule has 28 heavy (non-hydrogen) atoms. The number of aromatic nitrogens is 1. The minimum absolute atomic E-state index is 0. The van der Waals surface area contributed by atoms with E-state index in [0.29, 0.717) is 7.25 Å². The Morgan fingerprint density at radius 2 is 1.54 bits per heavy atom. The monoisotopic (exact) mass is 451 g/mol. The molecule has 2 aliphatic carbocycles. The average molecular weight is 453 g/mol. The molecule has 2 atom stereocenters. The van der Waals surface area contributed by atoms with E-state index in [0.717, 1.165) is 0 Å². The molecule has 5 rings (SSSR count). The van der Waals surface area contributed by atoms with Crippen LogP contribution in [0.3, 0.4) is 0 Å². The Balaban J connectivity index is 0.00000112. The second-order valence-corrected chi connectivity index (χ2v) is 11.1. The molecule has 2 aromatic carbocycles. The molecule has 0 fully saturated rings.